The average molecular weight is 340 g/mol. The predicted molar refractivity (Wildman–Crippen MR) is 90.2 cm³/mol. The number of aromatic nitrogens is 1. The van der Waals surface area contributed by atoms with Crippen molar-refractivity contribution in [2.45, 2.75) is 40.9 Å². The van der Waals surface area contributed by atoms with Gasteiger partial charge < -0.3 is 24.1 Å². The summed E-state index contributed by atoms with van der Waals surface area (Å²) < 4.78 is 17.6. The Hall–Kier alpha value is -1.86. The van der Waals surface area contributed by atoms with E-state index in [1.807, 2.05) is 13.8 Å². The van der Waals surface area contributed by atoms with E-state index in [0.717, 1.165) is 0 Å². The molecule has 0 atom stereocenters. The Morgan fingerprint density at radius 3 is 2.17 bits per heavy atom. The van der Waals surface area contributed by atoms with Crippen molar-refractivity contribution in [3.8, 4) is 0 Å². The highest BCUT2D eigenvalue weighted by Crippen LogP contribution is 2.22. The second kappa shape index (κ2) is 9.44. The molecule has 1 heterocycles. The molecule has 0 aliphatic heterocycles. The Morgan fingerprint density at radius 1 is 1.08 bits per heavy atom. The fourth-order valence-electron chi connectivity index (χ4n) is 2.60. The topological polar surface area (TPSA) is 78.8 Å². The van der Waals surface area contributed by atoms with E-state index in [-0.39, 0.29) is 19.1 Å². The molecular formula is C17H28N2O5. The molecule has 0 aliphatic rings. The molecule has 0 saturated carbocycles. The highest BCUT2D eigenvalue weighted by Gasteiger charge is 2.26. The zero-order valence-corrected chi connectivity index (χ0v) is 15.4. The van der Waals surface area contributed by atoms with E-state index in [1.54, 1.807) is 32.4 Å². The van der Waals surface area contributed by atoms with E-state index < -0.39 is 12.3 Å². The molecule has 1 amide bonds. The summed E-state index contributed by atoms with van der Waals surface area (Å²) in [6.07, 6.45) is -0.488. The summed E-state index contributed by atoms with van der Waals surface area (Å²) in [7, 11) is 1.74. The van der Waals surface area contributed by atoms with E-state index in [0.29, 0.717) is 35.7 Å². The highest BCUT2D eigenvalue weighted by atomic mass is 16.7. The van der Waals surface area contributed by atoms with E-state index >= 15 is 0 Å². The minimum atomic E-state index is -0.488. The molecular weight excluding hydrogens is 312 g/mol. The van der Waals surface area contributed by atoms with Crippen molar-refractivity contribution < 1.29 is 23.8 Å². The van der Waals surface area contributed by atoms with Gasteiger partial charge in [0.25, 0.3) is 5.91 Å². The van der Waals surface area contributed by atoms with Crippen LogP contribution in [0.3, 0.4) is 0 Å². The van der Waals surface area contributed by atoms with Gasteiger partial charge in [-0.15, -0.1) is 0 Å². The van der Waals surface area contributed by atoms with Gasteiger partial charge in [0.2, 0.25) is 0 Å². The lowest BCUT2D eigenvalue weighted by Crippen LogP contribution is -2.35. The van der Waals surface area contributed by atoms with Gasteiger partial charge >= 0.3 is 5.97 Å². The number of hydrogen-bond donors (Lipinski definition) is 1. The van der Waals surface area contributed by atoms with E-state index in [9.17, 15) is 9.59 Å². The first-order chi connectivity index (χ1) is 11.4. The van der Waals surface area contributed by atoms with Crippen molar-refractivity contribution >= 4 is 11.9 Å². The first-order valence-electron chi connectivity index (χ1n) is 8.23. The fraction of sp³-hybridized carbons (Fsp3) is 0.647. The quantitative estimate of drug-likeness (QED) is 0.549. The maximum atomic E-state index is 12.6. The second-order valence-electron chi connectivity index (χ2n) is 5.26. The highest BCUT2D eigenvalue weighted by molar-refractivity contribution is 6.01. The largest absolute Gasteiger partial charge is 0.461 e. The maximum absolute atomic E-state index is 12.6. The molecule has 1 rings (SSSR count). The number of hydrogen-bond acceptors (Lipinski definition) is 5. The molecule has 7 heteroatoms. The molecule has 0 saturated heterocycles. The Balaban J connectivity index is 2.95. The monoisotopic (exact) mass is 340 g/mol. The van der Waals surface area contributed by atoms with Crippen LogP contribution in [0.15, 0.2) is 0 Å². The van der Waals surface area contributed by atoms with Crippen LogP contribution in [-0.4, -0.2) is 49.1 Å². The number of nitrogens with zero attached hydrogens (tertiary/aromatic N) is 1. The fourth-order valence-corrected chi connectivity index (χ4v) is 2.60. The Kier molecular flexibility index (Phi) is 7.94. The van der Waals surface area contributed by atoms with Crippen LogP contribution in [0.25, 0.3) is 0 Å². The van der Waals surface area contributed by atoms with E-state index in [1.165, 1.54) is 0 Å². The van der Waals surface area contributed by atoms with Gasteiger partial charge in [-0.1, -0.05) is 0 Å². The number of esters is 1. The van der Waals surface area contributed by atoms with Gasteiger partial charge in [-0.25, -0.2) is 4.79 Å². The zero-order chi connectivity index (χ0) is 18.3. The van der Waals surface area contributed by atoms with Crippen LogP contribution in [-0.2, 0) is 21.3 Å². The van der Waals surface area contributed by atoms with E-state index in [4.69, 9.17) is 14.2 Å². The van der Waals surface area contributed by atoms with E-state index in [2.05, 4.69) is 5.32 Å². The number of carbonyl (C=O) groups is 2. The van der Waals surface area contributed by atoms with Gasteiger partial charge in [0.05, 0.1) is 18.7 Å². The first kappa shape index (κ1) is 20.2. The van der Waals surface area contributed by atoms with Crippen LogP contribution in [0.1, 0.15) is 52.9 Å². The predicted octanol–water partition coefficient (Wildman–Crippen LogP) is 1.95. The summed E-state index contributed by atoms with van der Waals surface area (Å²) in [5.41, 5.74) is 2.19. The molecule has 0 bridgehead atoms. The lowest BCUT2D eigenvalue weighted by molar-refractivity contribution is -0.131. The van der Waals surface area contributed by atoms with Crippen LogP contribution >= 0.6 is 0 Å². The smallest absolute Gasteiger partial charge is 0.355 e. The Morgan fingerprint density at radius 2 is 1.67 bits per heavy atom. The molecule has 0 unspecified atom stereocenters. The van der Waals surface area contributed by atoms with Crippen molar-refractivity contribution in [1.29, 1.82) is 0 Å². The zero-order valence-electron chi connectivity index (χ0n) is 15.4. The Labute approximate surface area is 143 Å². The molecule has 24 heavy (non-hydrogen) atoms. The second-order valence-corrected chi connectivity index (χ2v) is 5.26. The van der Waals surface area contributed by atoms with Crippen LogP contribution in [0.5, 0.6) is 0 Å². The number of rotatable bonds is 9. The van der Waals surface area contributed by atoms with Crippen LogP contribution < -0.4 is 5.32 Å². The number of amides is 1. The van der Waals surface area contributed by atoms with Crippen LogP contribution in [0.4, 0.5) is 0 Å². The van der Waals surface area contributed by atoms with Gasteiger partial charge in [-0.2, -0.15) is 0 Å². The molecule has 0 fully saturated rings. The van der Waals surface area contributed by atoms with Crippen molar-refractivity contribution in [1.82, 2.24) is 9.88 Å². The summed E-state index contributed by atoms with van der Waals surface area (Å²) in [4.78, 5) is 24.7. The molecule has 0 radical (unpaired) electrons. The maximum Gasteiger partial charge on any atom is 0.355 e. The lowest BCUT2D eigenvalue weighted by Gasteiger charge is -2.17. The van der Waals surface area contributed by atoms with Gasteiger partial charge in [0.15, 0.2) is 6.29 Å². The summed E-state index contributed by atoms with van der Waals surface area (Å²) in [5, 5.41) is 2.81. The van der Waals surface area contributed by atoms with Crippen molar-refractivity contribution in [3.63, 3.8) is 0 Å². The Bertz CT molecular complexity index is 574. The first-order valence-corrected chi connectivity index (χ1v) is 8.23. The van der Waals surface area contributed by atoms with Crippen molar-refractivity contribution in [3.05, 3.63) is 22.5 Å². The molecule has 7 nitrogen and oxygen atoms in total. The van der Waals surface area contributed by atoms with Crippen LogP contribution in [0, 0.1) is 13.8 Å². The van der Waals surface area contributed by atoms with Gasteiger partial charge in [-0.05, 0) is 40.2 Å². The summed E-state index contributed by atoms with van der Waals surface area (Å²) in [5.74, 6) is -0.693. The lowest BCUT2D eigenvalue weighted by atomic mass is 10.1. The third-order valence-corrected chi connectivity index (χ3v) is 3.76. The standard InChI is InChI=1S/C17H28N2O5/c1-7-22-13(23-8-2)10-18-16(20)14-11(4)15(17(21)24-9-3)19(6)12(14)5/h13H,7-10H2,1-6H3,(H,18,20). The number of carbonyl (C=O) groups excluding carboxylic acids is 2. The average Bonchev–Trinajstić information content (AvgIpc) is 2.75. The number of nitrogens with one attached hydrogen (secondary N) is 1. The number of ether oxygens (including phenoxy) is 3. The molecule has 1 aromatic heterocycles. The molecule has 136 valence electrons. The van der Waals surface area contributed by atoms with Gasteiger partial charge in [0.1, 0.15) is 5.69 Å². The minimum absolute atomic E-state index is 0.239. The molecule has 0 aliphatic carbocycles. The summed E-state index contributed by atoms with van der Waals surface area (Å²) in [6.45, 7) is 10.5. The van der Waals surface area contributed by atoms with Crippen molar-refractivity contribution in [2.24, 2.45) is 7.05 Å². The minimum Gasteiger partial charge on any atom is -0.461 e. The van der Waals surface area contributed by atoms with Gasteiger partial charge in [0, 0.05) is 26.0 Å². The summed E-state index contributed by atoms with van der Waals surface area (Å²) in [6, 6.07) is 0. The third kappa shape index (κ3) is 4.58. The van der Waals surface area contributed by atoms with Gasteiger partial charge in [-0.3, -0.25) is 4.79 Å². The molecule has 0 spiro atoms. The third-order valence-electron chi connectivity index (χ3n) is 3.76. The SMILES string of the molecule is CCOC(=O)c1c(C)c(C(=O)NCC(OCC)OCC)c(C)n1C. The normalized spacial score (nSPS) is 11.0. The van der Waals surface area contributed by atoms with Crippen LogP contribution in [0.2, 0.25) is 0 Å². The summed E-state index contributed by atoms with van der Waals surface area (Å²) >= 11 is 0. The molecule has 1 N–H and O–H groups in total. The molecule has 0 aromatic carbocycles. The van der Waals surface area contributed by atoms with Crippen molar-refractivity contribution in [2.75, 3.05) is 26.4 Å². The molecule has 1 aromatic rings.